The van der Waals surface area contributed by atoms with Crippen molar-refractivity contribution in [3.8, 4) is 5.75 Å². The summed E-state index contributed by atoms with van der Waals surface area (Å²) in [6, 6.07) is 9.03. The smallest absolute Gasteiger partial charge is 0.277 e. The fourth-order valence-electron chi connectivity index (χ4n) is 2.43. The highest BCUT2D eigenvalue weighted by atomic mass is 32.2. The number of aliphatic hydroxyl groups is 1. The number of ether oxygens (including phenoxy) is 1. The molecule has 1 aromatic carbocycles. The maximum absolute atomic E-state index is 12.6. The van der Waals surface area contributed by atoms with Crippen LogP contribution in [0.1, 0.15) is 5.56 Å². The van der Waals surface area contributed by atoms with Crippen LogP contribution in [0.4, 0.5) is 5.82 Å². The van der Waals surface area contributed by atoms with E-state index in [4.69, 9.17) is 4.74 Å². The molecule has 2 aromatic rings. The Kier molecular flexibility index (Phi) is 4.09. The van der Waals surface area contributed by atoms with Gasteiger partial charge in [-0.2, -0.15) is 0 Å². The van der Waals surface area contributed by atoms with E-state index in [1.807, 2.05) is 0 Å². The molecule has 3 rings (SSSR count). The van der Waals surface area contributed by atoms with Gasteiger partial charge in [0.1, 0.15) is 11.6 Å². The number of aliphatic hydroxyl groups excluding tert-OH is 1. The third kappa shape index (κ3) is 2.78. The van der Waals surface area contributed by atoms with Gasteiger partial charge in [0.15, 0.2) is 11.5 Å². The lowest BCUT2D eigenvalue weighted by Crippen LogP contribution is -2.37. The Morgan fingerprint density at radius 1 is 1.24 bits per heavy atom. The number of nitrogens with one attached hydrogen (secondary N) is 1. The Morgan fingerprint density at radius 3 is 2.60 bits per heavy atom. The first-order valence-electron chi connectivity index (χ1n) is 7.19. The van der Waals surface area contributed by atoms with Crippen LogP contribution in [-0.4, -0.2) is 42.9 Å². The number of methoxy groups -OCH3 is 1. The van der Waals surface area contributed by atoms with Crippen LogP contribution in [0.3, 0.4) is 0 Å². The summed E-state index contributed by atoms with van der Waals surface area (Å²) in [5.74, 6) is -0.517. The van der Waals surface area contributed by atoms with Gasteiger partial charge >= 0.3 is 0 Å². The minimum absolute atomic E-state index is 0.0610. The minimum atomic E-state index is -3.94. The highest BCUT2D eigenvalue weighted by Gasteiger charge is 2.37. The number of benzene rings is 1. The molecule has 1 aliphatic rings. The monoisotopic (exact) mass is 361 g/mol. The number of nitrogens with zero attached hydrogens (tertiary/aromatic N) is 2. The Bertz CT molecular complexity index is 968. The van der Waals surface area contributed by atoms with Gasteiger partial charge in [-0.15, -0.1) is 0 Å². The van der Waals surface area contributed by atoms with Crippen molar-refractivity contribution in [2.24, 2.45) is 0 Å². The molecule has 1 aromatic heterocycles. The van der Waals surface area contributed by atoms with Crippen molar-refractivity contribution < 1.29 is 23.1 Å². The Labute approximate surface area is 144 Å². The molecule has 2 N–H and O–H groups in total. The number of likely N-dealkylation sites (N-methyl/N-ethyl adjacent to an activating group) is 1. The van der Waals surface area contributed by atoms with E-state index in [0.29, 0.717) is 5.75 Å². The third-order valence-corrected chi connectivity index (χ3v) is 5.56. The number of carbonyl (C=O) groups is 1. The topological polar surface area (TPSA) is 109 Å². The largest absolute Gasteiger partial charge is 0.505 e. The van der Waals surface area contributed by atoms with E-state index >= 15 is 0 Å². The molecule has 0 radical (unpaired) electrons. The second kappa shape index (κ2) is 6.10. The van der Waals surface area contributed by atoms with Gasteiger partial charge in [-0.1, -0.05) is 12.1 Å². The molecule has 130 valence electrons. The molecule has 0 unspecified atom stereocenters. The van der Waals surface area contributed by atoms with Crippen molar-refractivity contribution in [1.29, 1.82) is 0 Å². The second-order valence-electron chi connectivity index (χ2n) is 5.20. The zero-order valence-electron chi connectivity index (χ0n) is 13.4. The quantitative estimate of drug-likeness (QED) is 0.859. The minimum Gasteiger partial charge on any atom is -0.505 e. The van der Waals surface area contributed by atoms with Crippen LogP contribution in [0.15, 0.2) is 53.2 Å². The normalized spacial score (nSPS) is 15.5. The van der Waals surface area contributed by atoms with Crippen LogP contribution in [-0.2, 0) is 14.8 Å². The number of hydrogen-bond acceptors (Lipinski definition) is 6. The number of pyridine rings is 1. The summed E-state index contributed by atoms with van der Waals surface area (Å²) in [7, 11) is -1.25. The zero-order valence-corrected chi connectivity index (χ0v) is 14.2. The number of sulfonamides is 1. The summed E-state index contributed by atoms with van der Waals surface area (Å²) in [6.45, 7) is 0. The second-order valence-corrected chi connectivity index (χ2v) is 7.14. The molecule has 1 aliphatic heterocycles. The van der Waals surface area contributed by atoms with E-state index in [1.54, 1.807) is 18.2 Å². The summed E-state index contributed by atoms with van der Waals surface area (Å²) >= 11 is 0. The van der Waals surface area contributed by atoms with Crippen LogP contribution in [0.2, 0.25) is 0 Å². The first-order valence-corrected chi connectivity index (χ1v) is 8.63. The molecule has 8 nitrogen and oxygen atoms in total. The zero-order chi connectivity index (χ0) is 18.2. The number of aromatic nitrogens is 1. The van der Waals surface area contributed by atoms with Gasteiger partial charge in [-0.05, 0) is 24.3 Å². The van der Waals surface area contributed by atoms with Crippen LogP contribution in [0.25, 0.3) is 5.76 Å². The van der Waals surface area contributed by atoms with Crippen molar-refractivity contribution in [2.45, 2.75) is 4.90 Å². The number of hydrogen-bond donors (Lipinski definition) is 2. The van der Waals surface area contributed by atoms with E-state index in [-0.39, 0.29) is 22.0 Å². The van der Waals surface area contributed by atoms with Gasteiger partial charge in [-0.25, -0.2) is 13.4 Å². The predicted molar refractivity (Wildman–Crippen MR) is 90.4 cm³/mol. The lowest BCUT2D eigenvalue weighted by molar-refractivity contribution is -0.113. The number of anilines is 1. The van der Waals surface area contributed by atoms with Gasteiger partial charge in [0.05, 0.1) is 18.2 Å². The van der Waals surface area contributed by atoms with Gasteiger partial charge < -0.3 is 15.2 Å². The van der Waals surface area contributed by atoms with Crippen molar-refractivity contribution in [2.75, 3.05) is 19.5 Å². The average molecular weight is 361 g/mol. The molecule has 9 heteroatoms. The molecular formula is C16H15N3O5S. The molecule has 0 spiro atoms. The molecule has 1 amide bonds. The molecule has 0 atom stereocenters. The van der Waals surface area contributed by atoms with Crippen LogP contribution < -0.4 is 10.1 Å². The predicted octanol–water partition coefficient (Wildman–Crippen LogP) is 1.59. The Morgan fingerprint density at radius 2 is 1.96 bits per heavy atom. The standard InChI is InChI=1S/C16H15N3O5S/c1-19-14(16(21)18-13-8-7-10(24-2)9-17-13)15(20)11-5-3-4-6-12(11)25(19,22)23/h3-9,20H,1-2H3,(H,17,18,21). The average Bonchev–Trinajstić information content (AvgIpc) is 2.61. The third-order valence-electron chi connectivity index (χ3n) is 3.75. The maximum Gasteiger partial charge on any atom is 0.277 e. The molecule has 0 bridgehead atoms. The highest BCUT2D eigenvalue weighted by Crippen LogP contribution is 2.34. The van der Waals surface area contributed by atoms with Gasteiger partial charge in [0.25, 0.3) is 15.9 Å². The van der Waals surface area contributed by atoms with Crippen molar-refractivity contribution >= 4 is 27.5 Å². The molecule has 2 heterocycles. The molecule has 0 aliphatic carbocycles. The number of amides is 1. The molecule has 0 saturated carbocycles. The van der Waals surface area contributed by atoms with Crippen molar-refractivity contribution in [3.05, 3.63) is 53.9 Å². The summed E-state index contributed by atoms with van der Waals surface area (Å²) in [6.07, 6.45) is 1.40. The van der Waals surface area contributed by atoms with Crippen LogP contribution >= 0.6 is 0 Å². The van der Waals surface area contributed by atoms with E-state index in [0.717, 1.165) is 4.31 Å². The van der Waals surface area contributed by atoms with Gasteiger partial charge in [-0.3, -0.25) is 9.10 Å². The summed E-state index contributed by atoms with van der Waals surface area (Å²) < 4.78 is 30.9. The van der Waals surface area contributed by atoms with E-state index in [2.05, 4.69) is 10.3 Å². The lowest BCUT2D eigenvalue weighted by atomic mass is 10.1. The number of fused-ring (bicyclic) bond motifs is 1. The molecular weight excluding hydrogens is 346 g/mol. The van der Waals surface area contributed by atoms with Crippen LogP contribution in [0.5, 0.6) is 5.75 Å². The van der Waals surface area contributed by atoms with Gasteiger partial charge in [0.2, 0.25) is 0 Å². The Hall–Kier alpha value is -3.07. The summed E-state index contributed by atoms with van der Waals surface area (Å²) in [5.41, 5.74) is -0.301. The number of carbonyl (C=O) groups excluding carboxylic acids is 1. The highest BCUT2D eigenvalue weighted by molar-refractivity contribution is 7.89. The van der Waals surface area contributed by atoms with Crippen molar-refractivity contribution in [3.63, 3.8) is 0 Å². The number of rotatable bonds is 3. The van der Waals surface area contributed by atoms with Crippen LogP contribution in [0, 0.1) is 0 Å². The summed E-state index contributed by atoms with van der Waals surface area (Å²) in [4.78, 5) is 16.5. The fourth-order valence-corrected chi connectivity index (χ4v) is 3.83. The SMILES string of the molecule is COc1ccc(NC(=O)C2=C(O)c3ccccc3S(=O)(=O)N2C)nc1. The lowest BCUT2D eigenvalue weighted by Gasteiger charge is -2.28. The molecule has 25 heavy (non-hydrogen) atoms. The van der Waals surface area contributed by atoms with E-state index < -0.39 is 21.7 Å². The van der Waals surface area contributed by atoms with E-state index in [1.165, 1.54) is 38.6 Å². The molecule has 0 saturated heterocycles. The Balaban J connectivity index is 2.01. The maximum atomic E-state index is 12.6. The van der Waals surface area contributed by atoms with Gasteiger partial charge in [0, 0.05) is 12.6 Å². The fraction of sp³-hybridized carbons (Fsp3) is 0.125. The first kappa shape index (κ1) is 16.8. The first-order chi connectivity index (χ1) is 11.9. The summed E-state index contributed by atoms with van der Waals surface area (Å²) in [5, 5.41) is 12.9. The molecule has 0 fully saturated rings. The van der Waals surface area contributed by atoms with Crippen molar-refractivity contribution in [1.82, 2.24) is 9.29 Å². The van der Waals surface area contributed by atoms with E-state index in [9.17, 15) is 18.3 Å².